The molecule has 1 saturated carbocycles. The van der Waals surface area contributed by atoms with Crippen LogP contribution in [0.2, 0.25) is 5.02 Å². The Bertz CT molecular complexity index is 822. The predicted molar refractivity (Wildman–Crippen MR) is 105 cm³/mol. The van der Waals surface area contributed by atoms with Crippen molar-refractivity contribution in [3.05, 3.63) is 29.3 Å². The number of amides is 3. The zero-order chi connectivity index (χ0) is 19.2. The van der Waals surface area contributed by atoms with Gasteiger partial charge in [-0.3, -0.25) is 10.1 Å². The second-order valence-corrected chi connectivity index (χ2v) is 7.71. The lowest BCUT2D eigenvalue weighted by atomic mass is 9.96. The topological polar surface area (TPSA) is 115 Å². The molecule has 1 aliphatic carbocycles. The Labute approximate surface area is 166 Å². The molecular formula is C17H21ClN6O2S. The fraction of sp³-hybridized carbons (Fsp3) is 0.412. The Morgan fingerprint density at radius 2 is 2.04 bits per heavy atom. The van der Waals surface area contributed by atoms with Crippen LogP contribution in [-0.4, -0.2) is 38.6 Å². The lowest BCUT2D eigenvalue weighted by molar-refractivity contribution is -0.117. The molecule has 0 unspecified atom stereocenters. The van der Waals surface area contributed by atoms with Crippen molar-refractivity contribution in [2.45, 2.75) is 43.3 Å². The van der Waals surface area contributed by atoms with Crippen molar-refractivity contribution in [1.29, 1.82) is 0 Å². The van der Waals surface area contributed by atoms with Crippen LogP contribution in [0.4, 0.5) is 4.79 Å². The first kappa shape index (κ1) is 19.5. The molecule has 3 amide bonds. The smallest absolute Gasteiger partial charge is 0.321 e. The van der Waals surface area contributed by atoms with E-state index in [4.69, 9.17) is 17.4 Å². The summed E-state index contributed by atoms with van der Waals surface area (Å²) in [6.45, 7) is 0. The van der Waals surface area contributed by atoms with Crippen molar-refractivity contribution in [2.75, 3.05) is 11.6 Å². The zero-order valence-corrected chi connectivity index (χ0v) is 16.2. The van der Waals surface area contributed by atoms with Gasteiger partial charge in [0.25, 0.3) is 0 Å². The fourth-order valence-corrected chi connectivity index (χ4v) is 3.81. The predicted octanol–water partition coefficient (Wildman–Crippen LogP) is 2.56. The number of hydrogen-bond donors (Lipinski definition) is 3. The average molecular weight is 409 g/mol. The van der Waals surface area contributed by atoms with E-state index in [1.54, 1.807) is 18.2 Å². The van der Waals surface area contributed by atoms with E-state index in [1.165, 1.54) is 11.1 Å². The van der Waals surface area contributed by atoms with Crippen LogP contribution >= 0.6 is 23.4 Å². The van der Waals surface area contributed by atoms with Gasteiger partial charge in [-0.15, -0.1) is 10.2 Å². The van der Waals surface area contributed by atoms with E-state index in [0.29, 0.717) is 16.0 Å². The summed E-state index contributed by atoms with van der Waals surface area (Å²) in [4.78, 5) is 23.9. The van der Waals surface area contributed by atoms with Crippen LogP contribution in [0.3, 0.4) is 0 Å². The van der Waals surface area contributed by atoms with Gasteiger partial charge in [0.05, 0.1) is 5.75 Å². The number of nitrogens with one attached hydrogen (secondary N) is 2. The highest BCUT2D eigenvalue weighted by atomic mass is 35.5. The second-order valence-electron chi connectivity index (χ2n) is 6.33. The number of thioether (sulfide) groups is 1. The summed E-state index contributed by atoms with van der Waals surface area (Å²) in [6.07, 6.45) is 5.33. The van der Waals surface area contributed by atoms with Gasteiger partial charge < -0.3 is 11.2 Å². The number of rotatable bonds is 5. The molecule has 0 atom stereocenters. The third-order valence-electron chi connectivity index (χ3n) is 4.27. The molecule has 4 N–H and O–H groups in total. The SMILES string of the molecule is Nn1c(SCC(=O)NC(=O)NC2CCCCC2)nnc1-c1cccc(Cl)c1. The molecule has 1 aliphatic rings. The van der Waals surface area contributed by atoms with E-state index in [2.05, 4.69) is 20.8 Å². The number of nitrogens with two attached hydrogens (primary N) is 1. The number of halogens is 1. The van der Waals surface area contributed by atoms with Crippen molar-refractivity contribution in [3.63, 3.8) is 0 Å². The third-order valence-corrected chi connectivity index (χ3v) is 5.45. The maximum atomic E-state index is 12.0. The summed E-state index contributed by atoms with van der Waals surface area (Å²) in [5, 5.41) is 14.1. The van der Waals surface area contributed by atoms with Crippen molar-refractivity contribution in [2.24, 2.45) is 0 Å². The molecule has 10 heteroatoms. The molecule has 3 rings (SSSR count). The molecule has 0 saturated heterocycles. The van der Waals surface area contributed by atoms with E-state index < -0.39 is 11.9 Å². The highest BCUT2D eigenvalue weighted by Crippen LogP contribution is 2.23. The molecule has 0 bridgehead atoms. The van der Waals surface area contributed by atoms with Gasteiger partial charge >= 0.3 is 6.03 Å². The highest BCUT2D eigenvalue weighted by molar-refractivity contribution is 7.99. The molecule has 1 fully saturated rings. The van der Waals surface area contributed by atoms with Crippen LogP contribution in [0.15, 0.2) is 29.4 Å². The minimum Gasteiger partial charge on any atom is -0.335 e. The quantitative estimate of drug-likeness (QED) is 0.517. The van der Waals surface area contributed by atoms with Crippen molar-refractivity contribution in [3.8, 4) is 11.4 Å². The lowest BCUT2D eigenvalue weighted by Crippen LogP contribution is -2.45. The summed E-state index contributed by atoms with van der Waals surface area (Å²) in [5.74, 6) is 6.04. The summed E-state index contributed by atoms with van der Waals surface area (Å²) >= 11 is 7.08. The number of hydrogen-bond acceptors (Lipinski definition) is 6. The molecule has 8 nitrogen and oxygen atoms in total. The number of carbonyl (C=O) groups is 2. The Hall–Kier alpha value is -2.26. The number of imide groups is 1. The monoisotopic (exact) mass is 408 g/mol. The molecule has 0 aliphatic heterocycles. The van der Waals surface area contributed by atoms with Gasteiger partial charge in [0.15, 0.2) is 5.82 Å². The standard InChI is InChI=1S/C17H21ClN6O2S/c18-12-6-4-5-11(9-12)15-22-23-17(24(15)19)27-10-14(25)21-16(26)20-13-7-2-1-3-8-13/h4-6,9,13H,1-3,7-8,10,19H2,(H2,20,21,25,26). The first-order valence-electron chi connectivity index (χ1n) is 8.72. The van der Waals surface area contributed by atoms with Gasteiger partial charge in [-0.2, -0.15) is 0 Å². The van der Waals surface area contributed by atoms with E-state index in [9.17, 15) is 9.59 Å². The number of benzene rings is 1. The first-order valence-corrected chi connectivity index (χ1v) is 10.1. The fourth-order valence-electron chi connectivity index (χ4n) is 2.96. The largest absolute Gasteiger partial charge is 0.335 e. The average Bonchev–Trinajstić information content (AvgIpc) is 3.01. The Morgan fingerprint density at radius 3 is 2.78 bits per heavy atom. The summed E-state index contributed by atoms with van der Waals surface area (Å²) in [7, 11) is 0. The maximum absolute atomic E-state index is 12.0. The molecule has 1 aromatic heterocycles. The number of urea groups is 1. The maximum Gasteiger partial charge on any atom is 0.321 e. The molecule has 144 valence electrons. The van der Waals surface area contributed by atoms with E-state index in [0.717, 1.165) is 43.0 Å². The number of nitrogen functional groups attached to an aromatic ring is 1. The summed E-state index contributed by atoms with van der Waals surface area (Å²) in [6, 6.07) is 6.77. The second kappa shape index (κ2) is 9.09. The molecule has 2 aromatic rings. The van der Waals surface area contributed by atoms with E-state index >= 15 is 0 Å². The van der Waals surface area contributed by atoms with E-state index in [-0.39, 0.29) is 11.8 Å². The highest BCUT2D eigenvalue weighted by Gasteiger charge is 2.18. The van der Waals surface area contributed by atoms with Gasteiger partial charge in [-0.25, -0.2) is 9.47 Å². The van der Waals surface area contributed by atoms with Crippen molar-refractivity contribution in [1.82, 2.24) is 25.5 Å². The zero-order valence-electron chi connectivity index (χ0n) is 14.7. The molecule has 1 aromatic carbocycles. The number of nitrogens with zero attached hydrogens (tertiary/aromatic N) is 3. The Morgan fingerprint density at radius 1 is 1.26 bits per heavy atom. The summed E-state index contributed by atoms with van der Waals surface area (Å²) in [5.41, 5.74) is 0.723. The van der Waals surface area contributed by atoms with Crippen LogP contribution in [0.5, 0.6) is 0 Å². The Balaban J connectivity index is 1.51. The molecular weight excluding hydrogens is 388 g/mol. The minimum absolute atomic E-state index is 0.00294. The van der Waals surface area contributed by atoms with Gasteiger partial charge in [-0.1, -0.05) is 54.8 Å². The molecule has 0 radical (unpaired) electrons. The molecule has 1 heterocycles. The van der Waals surface area contributed by atoms with Crippen LogP contribution < -0.4 is 16.5 Å². The van der Waals surface area contributed by atoms with Crippen LogP contribution in [-0.2, 0) is 4.79 Å². The van der Waals surface area contributed by atoms with Gasteiger partial charge in [0.1, 0.15) is 0 Å². The normalized spacial score (nSPS) is 14.7. The number of aromatic nitrogens is 3. The van der Waals surface area contributed by atoms with E-state index in [1.807, 2.05) is 6.07 Å². The Kier molecular flexibility index (Phi) is 6.57. The summed E-state index contributed by atoms with van der Waals surface area (Å²) < 4.78 is 1.30. The third kappa shape index (κ3) is 5.36. The lowest BCUT2D eigenvalue weighted by Gasteiger charge is -2.22. The van der Waals surface area contributed by atoms with Gasteiger partial charge in [0, 0.05) is 16.6 Å². The molecule has 0 spiro atoms. The first-order chi connectivity index (χ1) is 13.0. The van der Waals surface area contributed by atoms with Crippen LogP contribution in [0, 0.1) is 0 Å². The van der Waals surface area contributed by atoms with Gasteiger partial charge in [0.2, 0.25) is 11.1 Å². The minimum atomic E-state index is -0.457. The van der Waals surface area contributed by atoms with Crippen molar-refractivity contribution >= 4 is 35.3 Å². The number of carbonyl (C=O) groups excluding carboxylic acids is 2. The van der Waals surface area contributed by atoms with Crippen molar-refractivity contribution < 1.29 is 9.59 Å². The van der Waals surface area contributed by atoms with Gasteiger partial charge in [-0.05, 0) is 25.0 Å². The van der Waals surface area contributed by atoms with Crippen LogP contribution in [0.25, 0.3) is 11.4 Å². The molecule has 27 heavy (non-hydrogen) atoms. The van der Waals surface area contributed by atoms with Crippen LogP contribution in [0.1, 0.15) is 32.1 Å².